The van der Waals surface area contributed by atoms with Crippen molar-refractivity contribution in [3.8, 4) is 0 Å². The summed E-state index contributed by atoms with van der Waals surface area (Å²) in [6.07, 6.45) is -20.7. The van der Waals surface area contributed by atoms with Gasteiger partial charge in [-0.3, -0.25) is 0 Å². The maximum absolute atomic E-state index is 13.0. The first-order valence-corrected chi connectivity index (χ1v) is 5.05. The molecule has 0 heterocycles. The van der Waals surface area contributed by atoms with Crippen LogP contribution in [0, 0.1) is 0 Å². The van der Waals surface area contributed by atoms with Crippen LogP contribution in [0.25, 0.3) is 0 Å². The summed E-state index contributed by atoms with van der Waals surface area (Å²) in [4.78, 5) is 0. The van der Waals surface area contributed by atoms with Crippen LogP contribution in [0.1, 0.15) is 26.2 Å². The van der Waals surface area contributed by atoms with E-state index in [2.05, 4.69) is 0 Å². The lowest BCUT2D eigenvalue weighted by molar-refractivity contribution is -0.356. The smallest absolute Gasteiger partial charge is 0.223 e. The zero-order valence-electron chi connectivity index (χ0n) is 9.78. The Balaban J connectivity index is 5.40. The highest BCUT2D eigenvalue weighted by atomic mass is 19.4. The van der Waals surface area contributed by atoms with Crippen LogP contribution in [-0.2, 0) is 0 Å². The summed E-state index contributed by atoms with van der Waals surface area (Å²) in [5, 5.41) is 0. The molecule has 0 saturated heterocycles. The molecule has 0 saturated carbocycles. The third-order valence-electron chi connectivity index (χ3n) is 2.44. The van der Waals surface area contributed by atoms with Crippen molar-refractivity contribution in [1.82, 2.24) is 0 Å². The Morgan fingerprint density at radius 2 is 0.900 bits per heavy atom. The molecule has 0 bridgehead atoms. The number of hydrogen-bond acceptors (Lipinski definition) is 0. The Morgan fingerprint density at radius 1 is 0.550 bits per heavy atom. The average molecular weight is 326 g/mol. The molecular formula is C9H9F11. The van der Waals surface area contributed by atoms with Crippen molar-refractivity contribution < 1.29 is 48.3 Å². The highest BCUT2D eigenvalue weighted by molar-refractivity contribution is 4.99. The van der Waals surface area contributed by atoms with Gasteiger partial charge in [0.05, 0.1) is 12.8 Å². The highest BCUT2D eigenvalue weighted by Crippen LogP contribution is 2.52. The molecule has 0 aromatic carbocycles. The van der Waals surface area contributed by atoms with Gasteiger partial charge in [-0.15, -0.1) is 0 Å². The van der Waals surface area contributed by atoms with Crippen LogP contribution in [0.5, 0.6) is 0 Å². The van der Waals surface area contributed by atoms with Crippen LogP contribution in [0.2, 0.25) is 0 Å². The SMILES string of the molecule is CCC(F)(F)CC(F)(F)CC(F)(C(F)(F)F)C(F)(F)F. The maximum Gasteiger partial charge on any atom is 0.431 e. The third-order valence-corrected chi connectivity index (χ3v) is 2.44. The Bertz CT molecular complexity index is 310. The standard InChI is InChI=1S/C9H9F11/c1-2-5(10,11)3-6(12,13)4-7(14,8(15,16)17)9(18,19)20/h2-4H2,1H3. The van der Waals surface area contributed by atoms with E-state index in [1.807, 2.05) is 0 Å². The van der Waals surface area contributed by atoms with Crippen molar-refractivity contribution in [2.45, 2.75) is 56.1 Å². The van der Waals surface area contributed by atoms with Crippen LogP contribution in [0.15, 0.2) is 0 Å². The Morgan fingerprint density at radius 3 is 1.15 bits per heavy atom. The third kappa shape index (κ3) is 4.37. The molecule has 0 amide bonds. The van der Waals surface area contributed by atoms with E-state index in [0.29, 0.717) is 6.92 Å². The number of hydrogen-bond donors (Lipinski definition) is 0. The molecule has 0 aliphatic rings. The molecule has 0 radical (unpaired) electrons. The summed E-state index contributed by atoms with van der Waals surface area (Å²) < 4.78 is 136. The molecule has 0 aliphatic heterocycles. The average Bonchev–Trinajstić information content (AvgIpc) is 2.11. The van der Waals surface area contributed by atoms with Gasteiger partial charge in [-0.2, -0.15) is 26.3 Å². The van der Waals surface area contributed by atoms with Crippen LogP contribution < -0.4 is 0 Å². The van der Waals surface area contributed by atoms with E-state index in [1.54, 1.807) is 0 Å². The summed E-state index contributed by atoms with van der Waals surface area (Å²) in [5.41, 5.74) is -6.26. The predicted octanol–water partition coefficient (Wildman–Crippen LogP) is 5.28. The summed E-state index contributed by atoms with van der Waals surface area (Å²) in [6.45, 7) is 0.701. The molecular weight excluding hydrogens is 317 g/mol. The first-order valence-electron chi connectivity index (χ1n) is 5.05. The second kappa shape index (κ2) is 5.21. The summed E-state index contributed by atoms with van der Waals surface area (Å²) >= 11 is 0. The lowest BCUT2D eigenvalue weighted by Gasteiger charge is -2.33. The summed E-state index contributed by atoms with van der Waals surface area (Å²) in [5.74, 6) is -9.39. The fraction of sp³-hybridized carbons (Fsp3) is 1.00. The summed E-state index contributed by atoms with van der Waals surface area (Å²) in [7, 11) is 0. The van der Waals surface area contributed by atoms with Gasteiger partial charge in [0, 0.05) is 6.42 Å². The van der Waals surface area contributed by atoms with E-state index in [0.717, 1.165) is 0 Å². The molecule has 0 atom stereocenters. The van der Waals surface area contributed by atoms with Crippen molar-refractivity contribution in [2.24, 2.45) is 0 Å². The number of alkyl halides is 11. The molecule has 20 heavy (non-hydrogen) atoms. The van der Waals surface area contributed by atoms with Crippen molar-refractivity contribution in [3.05, 3.63) is 0 Å². The minimum atomic E-state index is -6.70. The quantitative estimate of drug-likeness (QED) is 0.603. The highest BCUT2D eigenvalue weighted by Gasteiger charge is 2.75. The minimum absolute atomic E-state index is 0.701. The van der Waals surface area contributed by atoms with Crippen LogP contribution in [0.3, 0.4) is 0 Å². The molecule has 0 unspecified atom stereocenters. The molecule has 0 fully saturated rings. The Hall–Kier alpha value is -0.770. The second-order valence-corrected chi connectivity index (χ2v) is 4.22. The van der Waals surface area contributed by atoms with Crippen LogP contribution >= 0.6 is 0 Å². The van der Waals surface area contributed by atoms with Crippen molar-refractivity contribution in [1.29, 1.82) is 0 Å². The van der Waals surface area contributed by atoms with Crippen LogP contribution in [0.4, 0.5) is 48.3 Å². The van der Waals surface area contributed by atoms with E-state index in [4.69, 9.17) is 0 Å². The van der Waals surface area contributed by atoms with Gasteiger partial charge >= 0.3 is 18.0 Å². The molecule has 0 rings (SSSR count). The van der Waals surface area contributed by atoms with Crippen molar-refractivity contribution in [2.75, 3.05) is 0 Å². The van der Waals surface area contributed by atoms with E-state index >= 15 is 0 Å². The predicted molar refractivity (Wildman–Crippen MR) is 45.4 cm³/mol. The lowest BCUT2D eigenvalue weighted by atomic mass is 9.92. The molecule has 122 valence electrons. The van der Waals surface area contributed by atoms with Gasteiger partial charge in [0.1, 0.15) is 0 Å². The van der Waals surface area contributed by atoms with Gasteiger partial charge in [0.2, 0.25) is 0 Å². The molecule has 0 aliphatic carbocycles. The number of rotatable bonds is 5. The van der Waals surface area contributed by atoms with Crippen LogP contribution in [-0.4, -0.2) is 29.9 Å². The largest absolute Gasteiger partial charge is 0.431 e. The van der Waals surface area contributed by atoms with Gasteiger partial charge in [0.25, 0.3) is 11.8 Å². The van der Waals surface area contributed by atoms with Gasteiger partial charge in [-0.05, 0) is 0 Å². The zero-order chi connectivity index (χ0) is 16.6. The molecule has 0 spiro atoms. The Labute approximate surface area is 105 Å². The molecule has 11 heteroatoms. The van der Waals surface area contributed by atoms with E-state index in [-0.39, 0.29) is 0 Å². The summed E-state index contributed by atoms with van der Waals surface area (Å²) in [6, 6.07) is 0. The molecule has 0 N–H and O–H groups in total. The number of halogens is 11. The van der Waals surface area contributed by atoms with E-state index in [9.17, 15) is 48.3 Å². The first kappa shape index (κ1) is 19.2. The Kier molecular flexibility index (Phi) is 5.01. The molecule has 0 aromatic heterocycles. The fourth-order valence-corrected chi connectivity index (χ4v) is 1.28. The lowest BCUT2D eigenvalue weighted by Crippen LogP contribution is -2.56. The molecule has 0 aromatic rings. The molecule has 0 nitrogen and oxygen atoms in total. The van der Waals surface area contributed by atoms with Crippen molar-refractivity contribution in [3.63, 3.8) is 0 Å². The maximum atomic E-state index is 13.0. The van der Waals surface area contributed by atoms with Crippen molar-refractivity contribution >= 4 is 0 Å². The monoisotopic (exact) mass is 326 g/mol. The second-order valence-electron chi connectivity index (χ2n) is 4.22. The first-order chi connectivity index (χ1) is 8.47. The normalized spacial score (nSPS) is 15.6. The van der Waals surface area contributed by atoms with Gasteiger partial charge in [-0.1, -0.05) is 6.92 Å². The van der Waals surface area contributed by atoms with E-state index in [1.165, 1.54) is 0 Å². The zero-order valence-corrected chi connectivity index (χ0v) is 9.78. The fourth-order valence-electron chi connectivity index (χ4n) is 1.28. The van der Waals surface area contributed by atoms with Gasteiger partial charge < -0.3 is 0 Å². The van der Waals surface area contributed by atoms with Gasteiger partial charge in [0.15, 0.2) is 0 Å². The topological polar surface area (TPSA) is 0 Å². The van der Waals surface area contributed by atoms with E-state index < -0.39 is 49.1 Å². The van der Waals surface area contributed by atoms with Gasteiger partial charge in [-0.25, -0.2) is 22.0 Å². The minimum Gasteiger partial charge on any atom is -0.223 e.